The highest BCUT2D eigenvalue weighted by Gasteiger charge is 2.86. The molecule has 3 N–H and O–H groups in total. The number of ether oxygens (including phenoxy) is 1. The lowest BCUT2D eigenvalue weighted by atomic mass is 9.58. The van der Waals surface area contributed by atoms with Gasteiger partial charge in [-0.25, -0.2) is 0 Å². The normalized spacial score (nSPS) is 47.0. The van der Waals surface area contributed by atoms with E-state index in [1.165, 1.54) is 7.11 Å². The zero-order valence-electron chi connectivity index (χ0n) is 12.3. The number of hydrogen-bond acceptors (Lipinski definition) is 5. The molecule has 0 aliphatic heterocycles. The summed E-state index contributed by atoms with van der Waals surface area (Å²) in [7, 11) is 1.48. The number of methoxy groups -OCH3 is 1. The fraction of sp³-hybridized carbons (Fsp3) is 0.588. The maximum Gasteiger partial charge on any atom is 0.161 e. The Kier molecular flexibility index (Phi) is 1.96. The second-order valence-electron chi connectivity index (χ2n) is 7.47. The number of benzene rings is 1. The van der Waals surface area contributed by atoms with Crippen LogP contribution >= 0.6 is 0 Å². The Labute approximate surface area is 127 Å². The van der Waals surface area contributed by atoms with E-state index in [2.05, 4.69) is 0 Å². The van der Waals surface area contributed by atoms with Gasteiger partial charge in [0.25, 0.3) is 0 Å². The summed E-state index contributed by atoms with van der Waals surface area (Å²) in [6.45, 7) is 0. The minimum absolute atomic E-state index is 0.00485. The highest BCUT2D eigenvalue weighted by Crippen LogP contribution is 2.83. The first-order valence-corrected chi connectivity index (χ1v) is 7.74. The van der Waals surface area contributed by atoms with Crippen LogP contribution in [-0.2, 0) is 15.6 Å². The van der Waals surface area contributed by atoms with Crippen LogP contribution in [0.2, 0.25) is 0 Å². The van der Waals surface area contributed by atoms with Crippen molar-refractivity contribution in [1.29, 1.82) is 0 Å². The Morgan fingerprint density at radius 2 is 2.14 bits per heavy atom. The van der Waals surface area contributed by atoms with Crippen LogP contribution in [0.5, 0.6) is 11.5 Å². The van der Waals surface area contributed by atoms with Crippen molar-refractivity contribution >= 4 is 5.78 Å². The first-order valence-electron chi connectivity index (χ1n) is 7.74. The number of rotatable bonds is 1. The summed E-state index contributed by atoms with van der Waals surface area (Å²) in [6.07, 6.45) is 0.592. The second kappa shape index (κ2) is 3.34. The van der Waals surface area contributed by atoms with E-state index in [1.54, 1.807) is 6.07 Å². The molecule has 5 nitrogen and oxygen atoms in total. The van der Waals surface area contributed by atoms with Crippen molar-refractivity contribution in [2.45, 2.75) is 48.2 Å². The molecule has 5 heteroatoms. The predicted octanol–water partition coefficient (Wildman–Crippen LogP) is 0.769. The van der Waals surface area contributed by atoms with Gasteiger partial charge in [-0.15, -0.1) is 0 Å². The van der Waals surface area contributed by atoms with Gasteiger partial charge >= 0.3 is 0 Å². The number of hydrogen-bond donors (Lipinski definition) is 3. The lowest BCUT2D eigenvalue weighted by Gasteiger charge is -2.50. The Morgan fingerprint density at radius 3 is 2.86 bits per heavy atom. The summed E-state index contributed by atoms with van der Waals surface area (Å²) < 4.78 is 5.21. The first-order chi connectivity index (χ1) is 10.4. The largest absolute Gasteiger partial charge is 0.504 e. The van der Waals surface area contributed by atoms with Crippen molar-refractivity contribution in [3.05, 3.63) is 23.3 Å². The van der Waals surface area contributed by atoms with Crippen LogP contribution in [0, 0.1) is 5.92 Å². The van der Waals surface area contributed by atoms with E-state index in [1.807, 2.05) is 6.07 Å². The molecule has 0 radical (unpaired) electrons. The van der Waals surface area contributed by atoms with Gasteiger partial charge in [-0.05, 0) is 24.5 Å². The fourth-order valence-electron chi connectivity index (χ4n) is 6.03. The molecule has 2 spiro atoms. The Morgan fingerprint density at radius 1 is 1.36 bits per heavy atom. The number of phenolic OH excluding ortho intramolecular Hbond substituents is 1. The summed E-state index contributed by atoms with van der Waals surface area (Å²) in [5.74, 6) is 0.304. The number of ketones is 1. The molecule has 0 aromatic heterocycles. The van der Waals surface area contributed by atoms with Gasteiger partial charge in [-0.2, -0.15) is 0 Å². The monoisotopic (exact) mass is 302 g/mol. The standard InChI is InChI=1S/C17H18O5/c1-22-10-3-2-9-13(14(10)20)16-5-8(18)4-12(19)17(16,21)11-6-15(9,11)7-16/h2-3,11-12,19-21H,4-7H2,1H3. The van der Waals surface area contributed by atoms with Crippen molar-refractivity contribution in [3.8, 4) is 11.5 Å². The van der Waals surface area contributed by atoms with Gasteiger partial charge in [-0.1, -0.05) is 6.07 Å². The molecule has 5 atom stereocenters. The molecule has 5 rings (SSSR count). The van der Waals surface area contributed by atoms with Gasteiger partial charge in [-0.3, -0.25) is 4.79 Å². The van der Waals surface area contributed by atoms with E-state index in [4.69, 9.17) is 4.74 Å². The molecular weight excluding hydrogens is 284 g/mol. The quantitative estimate of drug-likeness (QED) is 0.713. The predicted molar refractivity (Wildman–Crippen MR) is 75.9 cm³/mol. The minimum atomic E-state index is -1.31. The molecule has 5 unspecified atom stereocenters. The number of aliphatic hydroxyl groups is 2. The van der Waals surface area contributed by atoms with Crippen LogP contribution in [0.15, 0.2) is 12.1 Å². The van der Waals surface area contributed by atoms with Crippen molar-refractivity contribution in [1.82, 2.24) is 0 Å². The van der Waals surface area contributed by atoms with Crippen LogP contribution in [-0.4, -0.2) is 39.9 Å². The fourth-order valence-corrected chi connectivity index (χ4v) is 6.03. The van der Waals surface area contributed by atoms with E-state index >= 15 is 0 Å². The number of fused-ring (bicyclic) bond motifs is 2. The van der Waals surface area contributed by atoms with Gasteiger partial charge in [0.1, 0.15) is 11.4 Å². The number of carbonyl (C=O) groups is 1. The third-order valence-electron chi connectivity index (χ3n) is 6.79. The van der Waals surface area contributed by atoms with Crippen LogP contribution < -0.4 is 4.74 Å². The molecule has 0 saturated heterocycles. The van der Waals surface area contributed by atoms with E-state index in [-0.39, 0.29) is 35.7 Å². The van der Waals surface area contributed by atoms with Gasteiger partial charge < -0.3 is 20.1 Å². The molecule has 2 bridgehead atoms. The third-order valence-corrected chi connectivity index (χ3v) is 6.79. The topological polar surface area (TPSA) is 87.0 Å². The molecule has 0 amide bonds. The highest BCUT2D eigenvalue weighted by molar-refractivity contribution is 5.85. The highest BCUT2D eigenvalue weighted by atomic mass is 16.5. The van der Waals surface area contributed by atoms with Crippen LogP contribution in [0.25, 0.3) is 0 Å². The molecule has 1 aromatic carbocycles. The molecule has 3 fully saturated rings. The zero-order valence-corrected chi connectivity index (χ0v) is 12.3. The molecule has 4 aliphatic carbocycles. The molecule has 1 aromatic rings. The van der Waals surface area contributed by atoms with E-state index < -0.39 is 17.1 Å². The van der Waals surface area contributed by atoms with Crippen molar-refractivity contribution in [2.24, 2.45) is 5.92 Å². The third kappa shape index (κ3) is 1.01. The zero-order chi connectivity index (χ0) is 15.5. The van der Waals surface area contributed by atoms with Crippen molar-refractivity contribution < 1.29 is 24.9 Å². The van der Waals surface area contributed by atoms with Crippen LogP contribution in [0.1, 0.15) is 36.8 Å². The van der Waals surface area contributed by atoms with Crippen molar-refractivity contribution in [2.75, 3.05) is 7.11 Å². The molecule has 116 valence electrons. The molecular formula is C17H18O5. The molecule has 3 saturated carbocycles. The Hall–Kier alpha value is -1.59. The van der Waals surface area contributed by atoms with Crippen molar-refractivity contribution in [3.63, 3.8) is 0 Å². The first kappa shape index (κ1) is 12.9. The van der Waals surface area contributed by atoms with Gasteiger partial charge in [0, 0.05) is 35.2 Å². The maximum atomic E-state index is 12.2. The molecule has 0 heterocycles. The Bertz CT molecular complexity index is 743. The second-order valence-corrected chi connectivity index (χ2v) is 7.47. The van der Waals surface area contributed by atoms with Crippen LogP contribution in [0.4, 0.5) is 0 Å². The summed E-state index contributed by atoms with van der Waals surface area (Å²) in [4.78, 5) is 12.2. The average Bonchev–Trinajstić information content (AvgIpc) is 3.06. The van der Waals surface area contributed by atoms with Gasteiger partial charge in [0.2, 0.25) is 0 Å². The summed E-state index contributed by atoms with van der Waals surface area (Å²) in [5, 5.41) is 32.5. The number of aliphatic hydroxyl groups excluding tert-OH is 1. The lowest BCUT2D eigenvalue weighted by molar-refractivity contribution is -0.165. The summed E-state index contributed by atoms with van der Waals surface area (Å²) in [6, 6.07) is 3.70. The Balaban J connectivity index is 1.84. The molecule has 4 aliphatic rings. The van der Waals surface area contributed by atoms with E-state index in [0.29, 0.717) is 17.7 Å². The SMILES string of the molecule is COc1ccc2c(c1O)C13CC(=O)CC(O)C1(O)C1CC21C3. The van der Waals surface area contributed by atoms with Gasteiger partial charge in [0.15, 0.2) is 11.5 Å². The smallest absolute Gasteiger partial charge is 0.161 e. The van der Waals surface area contributed by atoms with Crippen LogP contribution in [0.3, 0.4) is 0 Å². The lowest BCUT2D eigenvalue weighted by Crippen LogP contribution is -2.62. The summed E-state index contributed by atoms with van der Waals surface area (Å²) >= 11 is 0. The number of Topliss-reactive ketones (excluding diaryl/α,β-unsaturated/α-hetero) is 1. The maximum absolute atomic E-state index is 12.2. The average molecular weight is 302 g/mol. The summed E-state index contributed by atoms with van der Waals surface area (Å²) in [5.41, 5.74) is -0.687. The van der Waals surface area contributed by atoms with Gasteiger partial charge in [0.05, 0.1) is 13.2 Å². The number of carbonyl (C=O) groups excluding carboxylic acids is 1. The number of phenols is 1. The molecule has 22 heavy (non-hydrogen) atoms. The number of aromatic hydroxyl groups is 1. The van der Waals surface area contributed by atoms with E-state index in [9.17, 15) is 20.1 Å². The minimum Gasteiger partial charge on any atom is -0.504 e. The van der Waals surface area contributed by atoms with E-state index in [0.717, 1.165) is 12.0 Å².